The van der Waals surface area contributed by atoms with Crippen molar-refractivity contribution in [2.45, 2.75) is 44.2 Å². The highest BCUT2D eigenvalue weighted by Gasteiger charge is 2.30. The van der Waals surface area contributed by atoms with Crippen LogP contribution in [0.25, 0.3) is 0 Å². The van der Waals surface area contributed by atoms with Gasteiger partial charge in [-0.15, -0.1) is 0 Å². The lowest BCUT2D eigenvalue weighted by Gasteiger charge is -2.42. The highest BCUT2D eigenvalue weighted by atomic mass is 15.2. The van der Waals surface area contributed by atoms with Crippen LogP contribution < -0.4 is 0 Å². The molecule has 90 valence electrons. The summed E-state index contributed by atoms with van der Waals surface area (Å²) in [6.07, 6.45) is 9.12. The average molecular weight is 227 g/mol. The van der Waals surface area contributed by atoms with Crippen LogP contribution in [-0.4, -0.2) is 24.0 Å². The Hall–Kier alpha value is -1.08. The SMILES string of the molecule is CN1C2C=C(Cc3ccccc3)CC1CCC2. The Labute approximate surface area is 104 Å². The molecular formula is C16H21N. The van der Waals surface area contributed by atoms with Gasteiger partial charge in [-0.3, -0.25) is 4.90 Å². The summed E-state index contributed by atoms with van der Waals surface area (Å²) < 4.78 is 0. The minimum atomic E-state index is 0.709. The van der Waals surface area contributed by atoms with E-state index in [1.807, 2.05) is 0 Å². The maximum atomic E-state index is 2.58. The molecule has 0 saturated carbocycles. The van der Waals surface area contributed by atoms with Crippen LogP contribution in [0.15, 0.2) is 42.0 Å². The van der Waals surface area contributed by atoms with Crippen molar-refractivity contribution >= 4 is 0 Å². The molecule has 2 aliphatic rings. The third kappa shape index (κ3) is 2.30. The Morgan fingerprint density at radius 1 is 1.18 bits per heavy atom. The number of fused-ring (bicyclic) bond motifs is 2. The van der Waals surface area contributed by atoms with Crippen molar-refractivity contribution in [1.82, 2.24) is 4.90 Å². The summed E-state index contributed by atoms with van der Waals surface area (Å²) in [5, 5.41) is 0. The van der Waals surface area contributed by atoms with Gasteiger partial charge in [-0.1, -0.05) is 48.4 Å². The van der Waals surface area contributed by atoms with E-state index in [1.54, 1.807) is 5.57 Å². The Morgan fingerprint density at radius 3 is 2.76 bits per heavy atom. The Balaban J connectivity index is 1.76. The van der Waals surface area contributed by atoms with Crippen LogP contribution in [0.5, 0.6) is 0 Å². The highest BCUT2D eigenvalue weighted by molar-refractivity contribution is 5.25. The van der Waals surface area contributed by atoms with Gasteiger partial charge in [0.15, 0.2) is 0 Å². The van der Waals surface area contributed by atoms with Crippen LogP contribution >= 0.6 is 0 Å². The molecule has 2 atom stereocenters. The second kappa shape index (κ2) is 4.66. The van der Waals surface area contributed by atoms with Crippen molar-refractivity contribution in [2.24, 2.45) is 0 Å². The van der Waals surface area contributed by atoms with Crippen LogP contribution in [0, 0.1) is 0 Å². The molecule has 1 aromatic carbocycles. The summed E-state index contributed by atoms with van der Waals surface area (Å²) in [5.41, 5.74) is 3.12. The highest BCUT2D eigenvalue weighted by Crippen LogP contribution is 2.32. The van der Waals surface area contributed by atoms with E-state index in [-0.39, 0.29) is 0 Å². The molecule has 0 amide bonds. The van der Waals surface area contributed by atoms with E-state index >= 15 is 0 Å². The lowest BCUT2D eigenvalue weighted by molar-refractivity contribution is 0.129. The van der Waals surface area contributed by atoms with Gasteiger partial charge in [0.05, 0.1) is 0 Å². The van der Waals surface area contributed by atoms with Crippen LogP contribution in [0.4, 0.5) is 0 Å². The molecule has 2 aliphatic heterocycles. The van der Waals surface area contributed by atoms with E-state index in [0.717, 1.165) is 12.5 Å². The summed E-state index contributed by atoms with van der Waals surface area (Å²) in [6.45, 7) is 0. The fraction of sp³-hybridized carbons (Fsp3) is 0.500. The third-order valence-electron chi connectivity index (χ3n) is 4.34. The molecule has 0 aromatic heterocycles. The number of hydrogen-bond acceptors (Lipinski definition) is 1. The van der Waals surface area contributed by atoms with E-state index in [2.05, 4.69) is 48.4 Å². The van der Waals surface area contributed by atoms with Crippen molar-refractivity contribution in [3.8, 4) is 0 Å². The molecule has 0 N–H and O–H groups in total. The van der Waals surface area contributed by atoms with Gasteiger partial charge >= 0.3 is 0 Å². The van der Waals surface area contributed by atoms with Crippen molar-refractivity contribution in [1.29, 1.82) is 0 Å². The van der Waals surface area contributed by atoms with Crippen LogP contribution in [-0.2, 0) is 6.42 Å². The van der Waals surface area contributed by atoms with E-state index in [9.17, 15) is 0 Å². The molecule has 3 rings (SSSR count). The monoisotopic (exact) mass is 227 g/mol. The van der Waals surface area contributed by atoms with Crippen molar-refractivity contribution in [3.05, 3.63) is 47.5 Å². The molecule has 1 saturated heterocycles. The average Bonchev–Trinajstić information content (AvgIpc) is 2.32. The van der Waals surface area contributed by atoms with Crippen LogP contribution in [0.3, 0.4) is 0 Å². The fourth-order valence-electron chi connectivity index (χ4n) is 3.32. The Kier molecular flexibility index (Phi) is 3.02. The number of likely N-dealkylation sites (N-methyl/N-ethyl adjacent to an activating group) is 1. The summed E-state index contributed by atoms with van der Waals surface area (Å²) in [5.74, 6) is 0. The number of nitrogens with zero attached hydrogens (tertiary/aromatic N) is 1. The molecule has 17 heavy (non-hydrogen) atoms. The van der Waals surface area contributed by atoms with Crippen molar-refractivity contribution in [2.75, 3.05) is 7.05 Å². The number of rotatable bonds is 2. The number of benzene rings is 1. The molecule has 2 bridgehead atoms. The molecule has 1 aromatic rings. The van der Waals surface area contributed by atoms with Crippen LogP contribution in [0.2, 0.25) is 0 Å². The van der Waals surface area contributed by atoms with Gasteiger partial charge in [-0.2, -0.15) is 0 Å². The first-order valence-electron chi connectivity index (χ1n) is 6.78. The predicted octanol–water partition coefficient (Wildman–Crippen LogP) is 3.41. The largest absolute Gasteiger partial charge is 0.297 e. The van der Waals surface area contributed by atoms with Crippen molar-refractivity contribution < 1.29 is 0 Å². The van der Waals surface area contributed by atoms with Gasteiger partial charge in [0.2, 0.25) is 0 Å². The maximum absolute atomic E-state index is 2.58. The van der Waals surface area contributed by atoms with Gasteiger partial charge in [0.1, 0.15) is 0 Å². The second-order valence-corrected chi connectivity index (χ2v) is 5.51. The topological polar surface area (TPSA) is 3.24 Å². The molecule has 1 fully saturated rings. The molecule has 1 heteroatoms. The minimum Gasteiger partial charge on any atom is -0.297 e. The summed E-state index contributed by atoms with van der Waals surface area (Å²) >= 11 is 0. The van der Waals surface area contributed by atoms with Gasteiger partial charge in [0.25, 0.3) is 0 Å². The fourth-order valence-corrected chi connectivity index (χ4v) is 3.32. The minimum absolute atomic E-state index is 0.709. The molecule has 2 unspecified atom stereocenters. The zero-order valence-electron chi connectivity index (χ0n) is 10.6. The second-order valence-electron chi connectivity index (χ2n) is 5.51. The number of hydrogen-bond donors (Lipinski definition) is 0. The normalized spacial score (nSPS) is 28.9. The van der Waals surface area contributed by atoms with Gasteiger partial charge in [0, 0.05) is 12.1 Å². The quantitative estimate of drug-likeness (QED) is 0.700. The van der Waals surface area contributed by atoms with Crippen molar-refractivity contribution in [3.63, 3.8) is 0 Å². The third-order valence-corrected chi connectivity index (χ3v) is 4.34. The first-order valence-corrected chi connectivity index (χ1v) is 6.78. The lowest BCUT2D eigenvalue weighted by Crippen LogP contribution is -2.46. The molecule has 0 spiro atoms. The van der Waals surface area contributed by atoms with Crippen LogP contribution in [0.1, 0.15) is 31.2 Å². The molecule has 1 nitrogen and oxygen atoms in total. The summed E-state index contributed by atoms with van der Waals surface area (Å²) in [7, 11) is 2.30. The summed E-state index contributed by atoms with van der Waals surface area (Å²) in [6, 6.07) is 12.4. The maximum Gasteiger partial charge on any atom is 0.0280 e. The summed E-state index contributed by atoms with van der Waals surface area (Å²) in [4.78, 5) is 2.58. The Morgan fingerprint density at radius 2 is 2.00 bits per heavy atom. The molecular weight excluding hydrogens is 206 g/mol. The zero-order valence-corrected chi connectivity index (χ0v) is 10.6. The lowest BCUT2D eigenvalue weighted by atomic mass is 9.84. The van der Waals surface area contributed by atoms with Gasteiger partial charge in [-0.25, -0.2) is 0 Å². The van der Waals surface area contributed by atoms with E-state index in [0.29, 0.717) is 6.04 Å². The molecule has 2 heterocycles. The first-order chi connectivity index (χ1) is 8.33. The molecule has 0 radical (unpaired) electrons. The van der Waals surface area contributed by atoms with E-state index < -0.39 is 0 Å². The number of piperidine rings is 1. The van der Waals surface area contributed by atoms with Gasteiger partial charge in [-0.05, 0) is 38.3 Å². The smallest absolute Gasteiger partial charge is 0.0280 e. The Bertz CT molecular complexity index is 407. The van der Waals surface area contributed by atoms with E-state index in [1.165, 1.54) is 31.2 Å². The zero-order chi connectivity index (χ0) is 11.7. The first kappa shape index (κ1) is 11.0. The standard InChI is InChI=1S/C16H21N/c1-17-15-8-5-9-16(17)12-14(11-15)10-13-6-3-2-4-7-13/h2-4,6-7,11,15-16H,5,8-10,12H2,1H3. The van der Waals surface area contributed by atoms with Gasteiger partial charge < -0.3 is 0 Å². The van der Waals surface area contributed by atoms with E-state index in [4.69, 9.17) is 0 Å². The predicted molar refractivity (Wildman–Crippen MR) is 72.0 cm³/mol. The molecule has 0 aliphatic carbocycles.